The van der Waals surface area contributed by atoms with Crippen LogP contribution in [-0.4, -0.2) is 43.6 Å². The molecule has 1 aliphatic rings. The van der Waals surface area contributed by atoms with Gasteiger partial charge in [-0.25, -0.2) is 4.79 Å². The number of amides is 1. The van der Waals surface area contributed by atoms with Gasteiger partial charge in [0, 0.05) is 24.8 Å². The quantitative estimate of drug-likeness (QED) is 0.754. The summed E-state index contributed by atoms with van der Waals surface area (Å²) in [5, 5.41) is 4.38. The molecule has 24 heavy (non-hydrogen) atoms. The summed E-state index contributed by atoms with van der Waals surface area (Å²) in [7, 11) is 0. The molecule has 1 aromatic carbocycles. The van der Waals surface area contributed by atoms with Crippen molar-refractivity contribution in [3.05, 3.63) is 52.2 Å². The van der Waals surface area contributed by atoms with Crippen LogP contribution in [0.15, 0.2) is 35.4 Å². The summed E-state index contributed by atoms with van der Waals surface area (Å²) in [5.74, 6) is 0.00837. The predicted octanol–water partition coefficient (Wildman–Crippen LogP) is 1.84. The molecule has 3 aromatic rings. The lowest BCUT2D eigenvalue weighted by Crippen LogP contribution is -2.39. The number of fused-ring (bicyclic) bond motifs is 1. The third kappa shape index (κ3) is 2.62. The summed E-state index contributed by atoms with van der Waals surface area (Å²) in [6.45, 7) is 3.46. The number of hydrogen-bond acceptors (Lipinski definition) is 3. The normalized spacial score (nSPS) is 16.0. The summed E-state index contributed by atoms with van der Waals surface area (Å²) in [6, 6.07) is 5.61. The smallest absolute Gasteiger partial charge is 0.323 e. The number of likely N-dealkylation sites (tertiary alicyclic amines) is 1. The Balaban J connectivity index is 1.47. The molecule has 0 bridgehead atoms. The number of aromatic nitrogens is 4. The number of hydrogen-bond donors (Lipinski definition) is 2. The van der Waals surface area contributed by atoms with Crippen molar-refractivity contribution in [1.29, 1.82) is 0 Å². The summed E-state index contributed by atoms with van der Waals surface area (Å²) < 4.78 is 2.01. The van der Waals surface area contributed by atoms with E-state index in [1.165, 1.54) is 0 Å². The van der Waals surface area contributed by atoms with Gasteiger partial charge in [-0.15, -0.1) is 0 Å². The van der Waals surface area contributed by atoms with E-state index in [0.717, 1.165) is 18.4 Å². The van der Waals surface area contributed by atoms with Gasteiger partial charge in [-0.1, -0.05) is 0 Å². The van der Waals surface area contributed by atoms with Crippen LogP contribution in [0.5, 0.6) is 0 Å². The molecule has 0 radical (unpaired) electrons. The van der Waals surface area contributed by atoms with E-state index in [-0.39, 0.29) is 11.6 Å². The molecule has 1 saturated heterocycles. The third-order valence-corrected chi connectivity index (χ3v) is 4.62. The average Bonchev–Trinajstić information content (AvgIpc) is 3.18. The number of imidazole rings is 1. The van der Waals surface area contributed by atoms with Gasteiger partial charge in [-0.3, -0.25) is 9.48 Å². The lowest BCUT2D eigenvalue weighted by molar-refractivity contribution is 0.0690. The first-order valence-electron chi connectivity index (χ1n) is 8.12. The second-order valence-electron chi connectivity index (χ2n) is 6.36. The maximum absolute atomic E-state index is 12.7. The van der Waals surface area contributed by atoms with Gasteiger partial charge in [0.15, 0.2) is 0 Å². The van der Waals surface area contributed by atoms with Crippen LogP contribution in [0.1, 0.15) is 34.8 Å². The first kappa shape index (κ1) is 14.7. The number of H-pyrrole nitrogens is 2. The summed E-state index contributed by atoms with van der Waals surface area (Å²) in [6.07, 6.45) is 5.72. The van der Waals surface area contributed by atoms with Crippen LogP contribution in [0.3, 0.4) is 0 Å². The van der Waals surface area contributed by atoms with Crippen molar-refractivity contribution in [2.24, 2.45) is 0 Å². The zero-order valence-corrected chi connectivity index (χ0v) is 13.5. The zero-order valence-electron chi connectivity index (χ0n) is 13.5. The van der Waals surface area contributed by atoms with E-state index in [1.54, 1.807) is 18.2 Å². The second-order valence-corrected chi connectivity index (χ2v) is 6.36. The fourth-order valence-corrected chi connectivity index (χ4v) is 3.31. The monoisotopic (exact) mass is 325 g/mol. The number of aryl methyl sites for hydroxylation is 1. The molecule has 0 aliphatic carbocycles. The number of benzene rings is 1. The van der Waals surface area contributed by atoms with Crippen molar-refractivity contribution in [1.82, 2.24) is 24.6 Å². The highest BCUT2D eigenvalue weighted by Gasteiger charge is 2.25. The van der Waals surface area contributed by atoms with Crippen LogP contribution < -0.4 is 5.69 Å². The van der Waals surface area contributed by atoms with Crippen LogP contribution in [-0.2, 0) is 0 Å². The van der Waals surface area contributed by atoms with Crippen LogP contribution in [0.4, 0.5) is 0 Å². The summed E-state index contributed by atoms with van der Waals surface area (Å²) >= 11 is 0. The van der Waals surface area contributed by atoms with E-state index in [1.807, 2.05) is 22.7 Å². The molecule has 124 valence electrons. The number of carbonyl (C=O) groups excluding carboxylic acids is 1. The SMILES string of the molecule is Cc1cnn(C2CCN(C(=O)c3ccc4[nH]c(=O)[nH]c4c3)CC2)c1. The average molecular weight is 325 g/mol. The van der Waals surface area contributed by atoms with Crippen molar-refractivity contribution < 1.29 is 4.79 Å². The minimum atomic E-state index is -0.259. The highest BCUT2D eigenvalue weighted by molar-refractivity contribution is 5.97. The first-order chi connectivity index (χ1) is 11.6. The maximum atomic E-state index is 12.7. The molecule has 1 aliphatic heterocycles. The molecule has 0 saturated carbocycles. The molecule has 0 unspecified atom stereocenters. The minimum absolute atomic E-state index is 0.00837. The topological polar surface area (TPSA) is 86.8 Å². The van der Waals surface area contributed by atoms with Crippen LogP contribution in [0.2, 0.25) is 0 Å². The molecule has 4 rings (SSSR count). The van der Waals surface area contributed by atoms with Crippen molar-refractivity contribution in [2.45, 2.75) is 25.8 Å². The molecular weight excluding hydrogens is 306 g/mol. The Bertz CT molecular complexity index is 943. The van der Waals surface area contributed by atoms with E-state index in [2.05, 4.69) is 21.3 Å². The lowest BCUT2D eigenvalue weighted by Gasteiger charge is -2.32. The van der Waals surface area contributed by atoms with Gasteiger partial charge < -0.3 is 14.9 Å². The van der Waals surface area contributed by atoms with Crippen molar-refractivity contribution >= 4 is 16.9 Å². The lowest BCUT2D eigenvalue weighted by atomic mass is 10.0. The van der Waals surface area contributed by atoms with Gasteiger partial charge in [0.25, 0.3) is 5.91 Å². The first-order valence-corrected chi connectivity index (χ1v) is 8.12. The largest absolute Gasteiger partial charge is 0.338 e. The number of carbonyl (C=O) groups is 1. The van der Waals surface area contributed by atoms with Gasteiger partial charge >= 0.3 is 5.69 Å². The number of aromatic amines is 2. The Morgan fingerprint density at radius 2 is 1.96 bits per heavy atom. The molecule has 0 spiro atoms. The van der Waals surface area contributed by atoms with E-state index in [4.69, 9.17) is 0 Å². The highest BCUT2D eigenvalue weighted by atomic mass is 16.2. The van der Waals surface area contributed by atoms with Crippen molar-refractivity contribution in [3.63, 3.8) is 0 Å². The minimum Gasteiger partial charge on any atom is -0.338 e. The molecule has 1 fully saturated rings. The van der Waals surface area contributed by atoms with Gasteiger partial charge in [0.2, 0.25) is 0 Å². The summed E-state index contributed by atoms with van der Waals surface area (Å²) in [5.41, 5.74) is 2.87. The Labute approximate surface area is 138 Å². The second kappa shape index (κ2) is 5.67. The molecule has 7 nitrogen and oxygen atoms in total. The van der Waals surface area contributed by atoms with Gasteiger partial charge in [-0.2, -0.15) is 5.10 Å². The van der Waals surface area contributed by atoms with E-state index < -0.39 is 0 Å². The van der Waals surface area contributed by atoms with E-state index in [0.29, 0.717) is 35.7 Å². The molecule has 2 aromatic heterocycles. The Morgan fingerprint density at radius 3 is 2.67 bits per heavy atom. The Kier molecular flexibility index (Phi) is 3.48. The van der Waals surface area contributed by atoms with E-state index >= 15 is 0 Å². The number of rotatable bonds is 2. The predicted molar refractivity (Wildman–Crippen MR) is 90.1 cm³/mol. The van der Waals surface area contributed by atoms with Crippen molar-refractivity contribution in [2.75, 3.05) is 13.1 Å². The zero-order chi connectivity index (χ0) is 16.7. The van der Waals surface area contributed by atoms with Crippen molar-refractivity contribution in [3.8, 4) is 0 Å². The molecule has 3 heterocycles. The van der Waals surface area contributed by atoms with Crippen LogP contribution in [0.25, 0.3) is 11.0 Å². The van der Waals surface area contributed by atoms with Gasteiger partial charge in [-0.05, 0) is 43.5 Å². The Morgan fingerprint density at radius 1 is 1.21 bits per heavy atom. The van der Waals surface area contributed by atoms with Crippen LogP contribution >= 0.6 is 0 Å². The third-order valence-electron chi connectivity index (χ3n) is 4.62. The highest BCUT2D eigenvalue weighted by Crippen LogP contribution is 2.23. The Hall–Kier alpha value is -2.83. The molecule has 7 heteroatoms. The molecule has 0 atom stereocenters. The fraction of sp³-hybridized carbons (Fsp3) is 0.353. The van der Waals surface area contributed by atoms with E-state index in [9.17, 15) is 9.59 Å². The number of piperidine rings is 1. The fourth-order valence-electron chi connectivity index (χ4n) is 3.31. The number of nitrogens with zero attached hydrogens (tertiary/aromatic N) is 3. The van der Waals surface area contributed by atoms with Crippen LogP contribution in [0, 0.1) is 6.92 Å². The summed E-state index contributed by atoms with van der Waals surface area (Å²) in [4.78, 5) is 31.3. The maximum Gasteiger partial charge on any atom is 0.323 e. The molecular formula is C17H19N5O2. The standard InChI is InChI=1S/C17H19N5O2/c1-11-9-18-22(10-11)13-4-6-21(7-5-13)16(23)12-2-3-14-15(8-12)20-17(24)19-14/h2-3,8-10,13H,4-7H2,1H3,(H2,19,20,24). The van der Waals surface area contributed by atoms with Gasteiger partial charge in [0.1, 0.15) is 0 Å². The van der Waals surface area contributed by atoms with Gasteiger partial charge in [0.05, 0.1) is 23.3 Å². The molecule has 2 N–H and O–H groups in total. The number of nitrogens with one attached hydrogen (secondary N) is 2. The molecule has 1 amide bonds.